The molecule has 1 amide bonds. The number of hydrogen-bond donors (Lipinski definition) is 0. The Balaban J connectivity index is 1.48. The van der Waals surface area contributed by atoms with Crippen LogP contribution in [0.4, 0.5) is 5.69 Å². The highest BCUT2D eigenvalue weighted by Gasteiger charge is 2.32. The van der Waals surface area contributed by atoms with E-state index >= 15 is 0 Å². The van der Waals surface area contributed by atoms with Crippen LogP contribution in [0.2, 0.25) is 0 Å². The third kappa shape index (κ3) is 4.45. The number of benzene rings is 2. The molecule has 0 saturated carbocycles. The molecule has 0 saturated heterocycles. The SMILES string of the molecule is COc1ccc(/C=C2\N=C(SCc3cn4cccnc4n3)N(c3cc(C)cc(C)c3)C2=O)cc1. The number of aromatic nitrogens is 3. The number of hydrogen-bond acceptors (Lipinski definition) is 6. The van der Waals surface area contributed by atoms with Crippen LogP contribution in [0.5, 0.6) is 5.75 Å². The molecular formula is C26H23N5O2S. The Morgan fingerprint density at radius 3 is 2.56 bits per heavy atom. The van der Waals surface area contributed by atoms with Crippen LogP contribution < -0.4 is 9.64 Å². The van der Waals surface area contributed by atoms with E-state index in [1.165, 1.54) is 11.8 Å². The first-order valence-electron chi connectivity index (χ1n) is 10.8. The van der Waals surface area contributed by atoms with Crippen molar-refractivity contribution >= 4 is 40.4 Å². The lowest BCUT2D eigenvalue weighted by Gasteiger charge is -2.19. The molecule has 1 aliphatic heterocycles. The summed E-state index contributed by atoms with van der Waals surface area (Å²) in [6, 6.07) is 15.5. The Morgan fingerprint density at radius 1 is 1.09 bits per heavy atom. The summed E-state index contributed by atoms with van der Waals surface area (Å²) in [5.41, 5.74) is 5.13. The number of methoxy groups -OCH3 is 1. The van der Waals surface area contributed by atoms with E-state index in [2.05, 4.69) is 16.0 Å². The van der Waals surface area contributed by atoms with Gasteiger partial charge < -0.3 is 4.74 Å². The summed E-state index contributed by atoms with van der Waals surface area (Å²) in [7, 11) is 1.63. The number of aryl methyl sites for hydroxylation is 2. The lowest BCUT2D eigenvalue weighted by molar-refractivity contribution is -0.113. The first-order chi connectivity index (χ1) is 16.5. The van der Waals surface area contributed by atoms with Crippen molar-refractivity contribution < 1.29 is 9.53 Å². The average molecular weight is 470 g/mol. The summed E-state index contributed by atoms with van der Waals surface area (Å²) in [5, 5.41) is 0.625. The van der Waals surface area contributed by atoms with Crippen molar-refractivity contribution in [2.45, 2.75) is 19.6 Å². The highest BCUT2D eigenvalue weighted by Crippen LogP contribution is 2.32. The predicted molar refractivity (Wildman–Crippen MR) is 136 cm³/mol. The maximum Gasteiger partial charge on any atom is 0.283 e. The van der Waals surface area contributed by atoms with Crippen molar-refractivity contribution in [1.82, 2.24) is 14.4 Å². The maximum atomic E-state index is 13.5. The Morgan fingerprint density at radius 2 is 1.85 bits per heavy atom. The summed E-state index contributed by atoms with van der Waals surface area (Å²) in [6.45, 7) is 4.05. The van der Waals surface area contributed by atoms with Crippen LogP contribution in [0.25, 0.3) is 11.9 Å². The van der Waals surface area contributed by atoms with E-state index < -0.39 is 0 Å². The third-order valence-corrected chi connectivity index (χ3v) is 6.32. The van der Waals surface area contributed by atoms with Gasteiger partial charge in [0, 0.05) is 24.3 Å². The number of imidazole rings is 1. The van der Waals surface area contributed by atoms with Crippen molar-refractivity contribution in [3.8, 4) is 5.75 Å². The van der Waals surface area contributed by atoms with Crippen molar-refractivity contribution in [1.29, 1.82) is 0 Å². The number of ether oxygens (including phenoxy) is 1. The normalized spacial score (nSPS) is 14.8. The highest BCUT2D eigenvalue weighted by molar-refractivity contribution is 8.13. The molecule has 170 valence electrons. The molecule has 0 fully saturated rings. The van der Waals surface area contributed by atoms with Crippen molar-refractivity contribution in [2.75, 3.05) is 12.0 Å². The largest absolute Gasteiger partial charge is 0.497 e. The van der Waals surface area contributed by atoms with Gasteiger partial charge >= 0.3 is 0 Å². The zero-order valence-corrected chi connectivity index (χ0v) is 19.9. The number of fused-ring (bicyclic) bond motifs is 1. The lowest BCUT2D eigenvalue weighted by atomic mass is 10.1. The average Bonchev–Trinajstić information content (AvgIpc) is 3.38. The first kappa shape index (κ1) is 21.9. The molecule has 2 aromatic carbocycles. The fourth-order valence-corrected chi connectivity index (χ4v) is 4.74. The number of thioether (sulfide) groups is 1. The predicted octanol–water partition coefficient (Wildman–Crippen LogP) is 5.03. The molecule has 0 unspecified atom stereocenters. The van der Waals surface area contributed by atoms with E-state index in [0.29, 0.717) is 22.4 Å². The number of nitrogens with zero attached hydrogens (tertiary/aromatic N) is 5. The Hall–Kier alpha value is -3.91. The number of amides is 1. The van der Waals surface area contributed by atoms with E-state index in [1.54, 1.807) is 24.3 Å². The minimum atomic E-state index is -0.153. The van der Waals surface area contributed by atoms with Gasteiger partial charge in [-0.3, -0.25) is 14.1 Å². The first-order valence-corrected chi connectivity index (χ1v) is 11.8. The molecule has 0 radical (unpaired) electrons. The zero-order valence-electron chi connectivity index (χ0n) is 19.1. The van der Waals surface area contributed by atoms with Crippen molar-refractivity contribution in [2.24, 2.45) is 4.99 Å². The topological polar surface area (TPSA) is 72.1 Å². The fourth-order valence-electron chi connectivity index (χ4n) is 3.85. The van der Waals surface area contributed by atoms with Crippen LogP contribution in [0.3, 0.4) is 0 Å². The van der Waals surface area contributed by atoms with Gasteiger partial charge in [0.1, 0.15) is 11.4 Å². The van der Waals surface area contributed by atoms with E-state index in [4.69, 9.17) is 9.73 Å². The molecule has 0 spiro atoms. The van der Waals surface area contributed by atoms with E-state index in [9.17, 15) is 4.79 Å². The molecule has 0 bridgehead atoms. The molecule has 4 aromatic rings. The van der Waals surface area contributed by atoms with E-state index in [0.717, 1.165) is 33.8 Å². The third-order valence-electron chi connectivity index (χ3n) is 5.35. The molecule has 3 heterocycles. The fraction of sp³-hybridized carbons (Fsp3) is 0.154. The zero-order chi connectivity index (χ0) is 23.7. The minimum absolute atomic E-state index is 0.153. The smallest absolute Gasteiger partial charge is 0.283 e. The van der Waals surface area contributed by atoms with Crippen LogP contribution in [0.15, 0.2) is 77.8 Å². The Kier molecular flexibility index (Phi) is 5.90. The van der Waals surface area contributed by atoms with Gasteiger partial charge in [0.25, 0.3) is 5.91 Å². The number of carbonyl (C=O) groups excluding carboxylic acids is 1. The van der Waals surface area contributed by atoms with Gasteiger partial charge in [-0.1, -0.05) is 30.0 Å². The summed E-state index contributed by atoms with van der Waals surface area (Å²) in [6.07, 6.45) is 7.39. The number of rotatable bonds is 5. The van der Waals surface area contributed by atoms with Gasteiger partial charge in [0.05, 0.1) is 18.5 Å². The molecule has 1 aliphatic rings. The van der Waals surface area contributed by atoms with Gasteiger partial charge in [0.2, 0.25) is 5.78 Å². The molecular weight excluding hydrogens is 446 g/mol. The lowest BCUT2D eigenvalue weighted by Crippen LogP contribution is -2.30. The molecule has 34 heavy (non-hydrogen) atoms. The maximum absolute atomic E-state index is 13.5. The van der Waals surface area contributed by atoms with Crippen LogP contribution in [0, 0.1) is 13.8 Å². The summed E-state index contributed by atoms with van der Waals surface area (Å²) in [4.78, 5) is 28.8. The van der Waals surface area contributed by atoms with Crippen LogP contribution in [0.1, 0.15) is 22.4 Å². The van der Waals surface area contributed by atoms with Gasteiger partial charge in [-0.2, -0.15) is 0 Å². The van der Waals surface area contributed by atoms with Crippen molar-refractivity contribution in [3.05, 3.63) is 95.2 Å². The molecule has 0 aliphatic carbocycles. The van der Waals surface area contributed by atoms with E-state index in [1.807, 2.05) is 73.1 Å². The van der Waals surface area contributed by atoms with Crippen molar-refractivity contribution in [3.63, 3.8) is 0 Å². The number of aliphatic imine (C=N–C) groups is 1. The Labute approximate surface area is 201 Å². The standard InChI is InChI=1S/C26H23N5O2S/c1-17-11-18(2)13-21(12-17)31-24(32)23(14-19-5-7-22(33-3)8-6-19)29-26(31)34-16-20-15-30-10-4-9-27-25(30)28-20/h4-15H,16H2,1-3H3/b23-14-. The molecule has 5 rings (SSSR count). The molecule has 0 atom stereocenters. The number of anilines is 1. The highest BCUT2D eigenvalue weighted by atomic mass is 32.2. The molecule has 2 aromatic heterocycles. The number of carbonyl (C=O) groups is 1. The second kappa shape index (κ2) is 9.15. The summed E-state index contributed by atoms with van der Waals surface area (Å²) >= 11 is 1.48. The van der Waals surface area contributed by atoms with Crippen LogP contribution in [-0.4, -0.2) is 32.6 Å². The van der Waals surface area contributed by atoms with Gasteiger partial charge in [-0.05, 0) is 66.9 Å². The van der Waals surface area contributed by atoms with Crippen LogP contribution >= 0.6 is 11.8 Å². The molecule has 8 heteroatoms. The van der Waals surface area contributed by atoms with Crippen LogP contribution in [-0.2, 0) is 10.5 Å². The summed E-state index contributed by atoms with van der Waals surface area (Å²) < 4.78 is 7.11. The molecule has 7 nitrogen and oxygen atoms in total. The number of amidine groups is 1. The second-order valence-corrected chi connectivity index (χ2v) is 8.97. The van der Waals surface area contributed by atoms with Gasteiger partial charge in [-0.25, -0.2) is 15.0 Å². The second-order valence-electron chi connectivity index (χ2n) is 8.03. The summed E-state index contributed by atoms with van der Waals surface area (Å²) in [5.74, 6) is 1.82. The van der Waals surface area contributed by atoms with Gasteiger partial charge in [0.15, 0.2) is 5.17 Å². The van der Waals surface area contributed by atoms with Gasteiger partial charge in [-0.15, -0.1) is 0 Å². The minimum Gasteiger partial charge on any atom is -0.497 e. The quantitative estimate of drug-likeness (QED) is 0.383. The monoisotopic (exact) mass is 469 g/mol. The van der Waals surface area contributed by atoms with E-state index in [-0.39, 0.29) is 5.91 Å². The Bertz CT molecular complexity index is 1390. The molecule has 0 N–H and O–H groups in total.